The van der Waals surface area contributed by atoms with Crippen LogP contribution in [-0.4, -0.2) is 22.5 Å². The van der Waals surface area contributed by atoms with Gasteiger partial charge in [-0.1, -0.05) is 0 Å². The Morgan fingerprint density at radius 3 is 3.13 bits per heavy atom. The van der Waals surface area contributed by atoms with Crippen LogP contribution in [0.4, 0.5) is 0 Å². The standard InChI is InChI=1S/C10H11N3O2/c1-15-10(14)8-3-2-4-13-7(5-11)6-12-9(8)13/h2-4,6H,5,11H2,1H3. The molecule has 0 unspecified atom stereocenters. The Bertz CT molecular complexity index is 504. The molecule has 0 atom stereocenters. The zero-order valence-corrected chi connectivity index (χ0v) is 8.30. The van der Waals surface area contributed by atoms with Crippen molar-refractivity contribution in [1.29, 1.82) is 0 Å². The van der Waals surface area contributed by atoms with Crippen LogP contribution in [-0.2, 0) is 11.3 Å². The van der Waals surface area contributed by atoms with Crippen molar-refractivity contribution < 1.29 is 9.53 Å². The first-order valence-corrected chi connectivity index (χ1v) is 4.51. The summed E-state index contributed by atoms with van der Waals surface area (Å²) in [6, 6.07) is 3.44. The third-order valence-electron chi connectivity index (χ3n) is 2.23. The quantitative estimate of drug-likeness (QED) is 0.728. The van der Waals surface area contributed by atoms with E-state index in [2.05, 4.69) is 9.72 Å². The normalized spacial score (nSPS) is 10.5. The number of nitrogens with zero attached hydrogens (tertiary/aromatic N) is 2. The van der Waals surface area contributed by atoms with E-state index < -0.39 is 5.97 Å². The van der Waals surface area contributed by atoms with Crippen molar-refractivity contribution in [2.75, 3.05) is 7.11 Å². The Labute approximate surface area is 86.5 Å². The minimum absolute atomic E-state index is 0.381. The monoisotopic (exact) mass is 205 g/mol. The highest BCUT2D eigenvalue weighted by molar-refractivity contribution is 5.95. The van der Waals surface area contributed by atoms with Gasteiger partial charge in [-0.05, 0) is 12.1 Å². The van der Waals surface area contributed by atoms with Crippen molar-refractivity contribution in [2.45, 2.75) is 6.54 Å². The van der Waals surface area contributed by atoms with Gasteiger partial charge in [0.2, 0.25) is 0 Å². The third-order valence-corrected chi connectivity index (χ3v) is 2.23. The van der Waals surface area contributed by atoms with E-state index in [-0.39, 0.29) is 0 Å². The molecule has 0 saturated carbocycles. The van der Waals surface area contributed by atoms with E-state index in [1.807, 2.05) is 6.20 Å². The first kappa shape index (κ1) is 9.67. The molecule has 15 heavy (non-hydrogen) atoms. The van der Waals surface area contributed by atoms with E-state index in [1.165, 1.54) is 7.11 Å². The maximum Gasteiger partial charge on any atom is 0.341 e. The van der Waals surface area contributed by atoms with Gasteiger partial charge in [0.25, 0.3) is 0 Å². The second-order valence-corrected chi connectivity index (χ2v) is 3.06. The van der Waals surface area contributed by atoms with Crippen LogP contribution >= 0.6 is 0 Å². The van der Waals surface area contributed by atoms with E-state index in [0.717, 1.165) is 5.69 Å². The fourth-order valence-electron chi connectivity index (χ4n) is 1.48. The Morgan fingerprint density at radius 2 is 2.47 bits per heavy atom. The SMILES string of the molecule is COC(=O)c1cccn2c(CN)cnc12. The maximum atomic E-state index is 11.4. The molecule has 5 nitrogen and oxygen atoms in total. The number of methoxy groups -OCH3 is 1. The van der Waals surface area contributed by atoms with Crippen LogP contribution in [0.25, 0.3) is 5.65 Å². The van der Waals surface area contributed by atoms with Crippen LogP contribution in [0.15, 0.2) is 24.5 Å². The van der Waals surface area contributed by atoms with E-state index in [9.17, 15) is 4.79 Å². The summed E-state index contributed by atoms with van der Waals surface area (Å²) in [5.41, 5.74) is 7.42. The average molecular weight is 205 g/mol. The van der Waals surface area contributed by atoms with Gasteiger partial charge >= 0.3 is 5.97 Å². The number of hydrogen-bond acceptors (Lipinski definition) is 4. The molecule has 5 heteroatoms. The van der Waals surface area contributed by atoms with Crippen LogP contribution in [0, 0.1) is 0 Å². The lowest BCUT2D eigenvalue weighted by atomic mass is 10.3. The highest BCUT2D eigenvalue weighted by Crippen LogP contribution is 2.12. The molecule has 0 aliphatic heterocycles. The number of rotatable bonds is 2. The molecule has 2 N–H and O–H groups in total. The van der Waals surface area contributed by atoms with Gasteiger partial charge in [-0.15, -0.1) is 0 Å². The molecule has 0 aliphatic carbocycles. The van der Waals surface area contributed by atoms with Gasteiger partial charge in [-0.2, -0.15) is 0 Å². The molecule has 0 amide bonds. The lowest BCUT2D eigenvalue weighted by Crippen LogP contribution is -2.06. The topological polar surface area (TPSA) is 69.6 Å². The molecule has 2 aromatic rings. The molecule has 78 valence electrons. The molecule has 2 heterocycles. The van der Waals surface area contributed by atoms with Gasteiger partial charge in [0.15, 0.2) is 5.65 Å². The summed E-state index contributed by atoms with van der Waals surface area (Å²) in [5.74, 6) is -0.394. The van der Waals surface area contributed by atoms with Crippen LogP contribution in [0.1, 0.15) is 16.1 Å². The van der Waals surface area contributed by atoms with Crippen molar-refractivity contribution in [3.63, 3.8) is 0 Å². The lowest BCUT2D eigenvalue weighted by molar-refractivity contribution is 0.0602. The molecular formula is C10H11N3O2. The Morgan fingerprint density at radius 1 is 1.67 bits per heavy atom. The number of nitrogens with two attached hydrogens (primary N) is 1. The van der Waals surface area contributed by atoms with Crippen molar-refractivity contribution in [1.82, 2.24) is 9.38 Å². The largest absolute Gasteiger partial charge is 0.465 e. The number of aromatic nitrogens is 2. The van der Waals surface area contributed by atoms with Crippen molar-refractivity contribution in [3.8, 4) is 0 Å². The number of pyridine rings is 1. The van der Waals surface area contributed by atoms with Crippen molar-refractivity contribution in [3.05, 3.63) is 35.8 Å². The summed E-state index contributed by atoms with van der Waals surface area (Å²) >= 11 is 0. The smallest absolute Gasteiger partial charge is 0.341 e. The predicted octanol–water partition coefficient (Wildman–Crippen LogP) is 0.580. The molecule has 0 radical (unpaired) electrons. The fourth-order valence-corrected chi connectivity index (χ4v) is 1.48. The molecule has 0 fully saturated rings. The minimum atomic E-state index is -0.394. The van der Waals surface area contributed by atoms with Crippen LogP contribution in [0.5, 0.6) is 0 Å². The zero-order valence-electron chi connectivity index (χ0n) is 8.30. The number of carbonyl (C=O) groups excluding carboxylic acids is 1. The first-order chi connectivity index (χ1) is 7.27. The molecule has 2 rings (SSSR count). The van der Waals surface area contributed by atoms with Gasteiger partial charge < -0.3 is 14.9 Å². The summed E-state index contributed by atoms with van der Waals surface area (Å²) in [6.45, 7) is 0.381. The van der Waals surface area contributed by atoms with Crippen molar-refractivity contribution >= 4 is 11.6 Å². The van der Waals surface area contributed by atoms with Gasteiger partial charge in [0, 0.05) is 12.7 Å². The minimum Gasteiger partial charge on any atom is -0.465 e. The van der Waals surface area contributed by atoms with Gasteiger partial charge in [0.1, 0.15) is 5.56 Å². The van der Waals surface area contributed by atoms with Crippen LogP contribution in [0.3, 0.4) is 0 Å². The van der Waals surface area contributed by atoms with E-state index in [0.29, 0.717) is 17.8 Å². The lowest BCUT2D eigenvalue weighted by Gasteiger charge is -2.02. The average Bonchev–Trinajstić information content (AvgIpc) is 2.70. The Balaban J connectivity index is 2.67. The molecule has 0 aliphatic rings. The highest BCUT2D eigenvalue weighted by atomic mass is 16.5. The highest BCUT2D eigenvalue weighted by Gasteiger charge is 2.12. The molecular weight excluding hydrogens is 194 g/mol. The number of esters is 1. The molecule has 0 saturated heterocycles. The second kappa shape index (κ2) is 3.70. The third kappa shape index (κ3) is 1.46. The maximum absolute atomic E-state index is 11.4. The summed E-state index contributed by atoms with van der Waals surface area (Å²) in [6.07, 6.45) is 3.47. The zero-order chi connectivity index (χ0) is 10.8. The Hall–Kier alpha value is -1.88. The predicted molar refractivity (Wildman–Crippen MR) is 54.4 cm³/mol. The van der Waals surface area contributed by atoms with Gasteiger partial charge in [-0.3, -0.25) is 0 Å². The van der Waals surface area contributed by atoms with Crippen molar-refractivity contribution in [2.24, 2.45) is 5.73 Å². The summed E-state index contributed by atoms with van der Waals surface area (Å²) in [7, 11) is 1.35. The van der Waals surface area contributed by atoms with Gasteiger partial charge in [0.05, 0.1) is 19.0 Å². The summed E-state index contributed by atoms with van der Waals surface area (Å²) in [5, 5.41) is 0. The summed E-state index contributed by atoms with van der Waals surface area (Å²) in [4.78, 5) is 15.6. The fraction of sp³-hybridized carbons (Fsp3) is 0.200. The molecule has 0 bridgehead atoms. The van der Waals surface area contributed by atoms with Crippen LogP contribution in [0.2, 0.25) is 0 Å². The number of imidazole rings is 1. The second-order valence-electron chi connectivity index (χ2n) is 3.06. The molecule has 0 aromatic carbocycles. The van der Waals surface area contributed by atoms with Gasteiger partial charge in [-0.25, -0.2) is 9.78 Å². The number of carbonyl (C=O) groups is 1. The van der Waals surface area contributed by atoms with Crippen LogP contribution < -0.4 is 5.73 Å². The van der Waals surface area contributed by atoms with E-state index in [4.69, 9.17) is 5.73 Å². The van der Waals surface area contributed by atoms with E-state index >= 15 is 0 Å². The first-order valence-electron chi connectivity index (χ1n) is 4.51. The number of ether oxygens (including phenoxy) is 1. The Kier molecular flexibility index (Phi) is 2.39. The number of fused-ring (bicyclic) bond motifs is 1. The molecule has 2 aromatic heterocycles. The molecule has 0 spiro atoms. The number of hydrogen-bond donors (Lipinski definition) is 1. The summed E-state index contributed by atoms with van der Waals surface area (Å²) < 4.78 is 6.45. The van der Waals surface area contributed by atoms with E-state index in [1.54, 1.807) is 22.7 Å².